The van der Waals surface area contributed by atoms with E-state index in [1.165, 1.54) is 0 Å². The van der Waals surface area contributed by atoms with Gasteiger partial charge >= 0.3 is 5.97 Å². The highest BCUT2D eigenvalue weighted by molar-refractivity contribution is 5.77. The van der Waals surface area contributed by atoms with Crippen LogP contribution in [0, 0.1) is 5.92 Å². The zero-order valence-corrected chi connectivity index (χ0v) is 11.9. The molecule has 110 valence electrons. The summed E-state index contributed by atoms with van der Waals surface area (Å²) in [5.74, 6) is -0.873. The van der Waals surface area contributed by atoms with Crippen LogP contribution in [0.1, 0.15) is 38.2 Å². The molecule has 0 aromatic heterocycles. The smallest absolute Gasteiger partial charge is 0.303 e. The minimum absolute atomic E-state index is 0.0633. The van der Waals surface area contributed by atoms with E-state index in [0.717, 1.165) is 5.56 Å². The normalized spacial score (nSPS) is 13.5. The third-order valence-electron chi connectivity index (χ3n) is 3.17. The van der Waals surface area contributed by atoms with Crippen LogP contribution >= 0.6 is 0 Å². The molecule has 0 heterocycles. The van der Waals surface area contributed by atoms with Crippen LogP contribution in [0.25, 0.3) is 0 Å². The number of carboxylic acid groups (broad SMARTS) is 1. The van der Waals surface area contributed by atoms with Gasteiger partial charge in [0.05, 0.1) is 0 Å². The largest absolute Gasteiger partial charge is 0.481 e. The molecule has 1 aromatic rings. The summed E-state index contributed by atoms with van der Waals surface area (Å²) in [6, 6.07) is 7.47. The van der Waals surface area contributed by atoms with E-state index in [1.807, 2.05) is 31.2 Å². The summed E-state index contributed by atoms with van der Waals surface area (Å²) in [4.78, 5) is 22.3. The first-order valence-electron chi connectivity index (χ1n) is 6.72. The molecule has 0 bridgehead atoms. The first kappa shape index (κ1) is 16.0. The molecule has 0 aliphatic heterocycles. The van der Waals surface area contributed by atoms with Crippen LogP contribution in [0.5, 0.6) is 0 Å². The van der Waals surface area contributed by atoms with E-state index in [9.17, 15) is 9.59 Å². The lowest BCUT2D eigenvalue weighted by Crippen LogP contribution is -2.29. The maximum absolute atomic E-state index is 11.8. The van der Waals surface area contributed by atoms with Crippen molar-refractivity contribution in [3.63, 3.8) is 0 Å². The van der Waals surface area contributed by atoms with Crippen LogP contribution in [0.15, 0.2) is 24.3 Å². The second-order valence-corrected chi connectivity index (χ2v) is 5.28. The molecule has 0 aliphatic rings. The van der Waals surface area contributed by atoms with E-state index in [2.05, 4.69) is 5.32 Å². The SMILES string of the molecule is CC(CNC(=O)CC(C)c1ccc(N)cc1)CC(=O)O. The number of amides is 1. The Morgan fingerprint density at radius 2 is 1.80 bits per heavy atom. The van der Waals surface area contributed by atoms with Crippen LogP contribution < -0.4 is 11.1 Å². The molecule has 1 amide bonds. The van der Waals surface area contributed by atoms with E-state index in [0.29, 0.717) is 18.7 Å². The molecule has 1 rings (SSSR count). The number of nitrogens with one attached hydrogen (secondary N) is 1. The quantitative estimate of drug-likeness (QED) is 0.665. The zero-order valence-electron chi connectivity index (χ0n) is 11.9. The molecule has 0 aliphatic carbocycles. The lowest BCUT2D eigenvalue weighted by Gasteiger charge is -2.14. The molecule has 2 unspecified atom stereocenters. The highest BCUT2D eigenvalue weighted by Gasteiger charge is 2.13. The first-order chi connectivity index (χ1) is 9.38. The molecule has 0 saturated carbocycles. The number of carbonyl (C=O) groups excluding carboxylic acids is 1. The van der Waals surface area contributed by atoms with Gasteiger partial charge in [-0.3, -0.25) is 9.59 Å². The van der Waals surface area contributed by atoms with E-state index >= 15 is 0 Å². The number of nitrogens with two attached hydrogens (primary N) is 1. The maximum atomic E-state index is 11.8. The van der Waals surface area contributed by atoms with Crippen LogP contribution in [-0.2, 0) is 9.59 Å². The summed E-state index contributed by atoms with van der Waals surface area (Å²) in [6.45, 7) is 4.17. The summed E-state index contributed by atoms with van der Waals surface area (Å²) < 4.78 is 0. The number of carbonyl (C=O) groups is 2. The van der Waals surface area contributed by atoms with Gasteiger partial charge in [0.15, 0.2) is 0 Å². The standard InChI is InChI=1S/C15H22N2O3/c1-10(7-15(19)20)9-17-14(18)8-11(2)12-3-5-13(16)6-4-12/h3-6,10-11H,7-9,16H2,1-2H3,(H,17,18)(H,19,20). The Labute approximate surface area is 119 Å². The van der Waals surface area contributed by atoms with Crippen molar-refractivity contribution in [2.45, 2.75) is 32.6 Å². The summed E-state index contributed by atoms with van der Waals surface area (Å²) in [5, 5.41) is 11.4. The van der Waals surface area contributed by atoms with Crippen molar-refractivity contribution >= 4 is 17.6 Å². The topological polar surface area (TPSA) is 92.4 Å². The number of anilines is 1. The number of hydrogen-bond donors (Lipinski definition) is 3. The third kappa shape index (κ3) is 5.73. The highest BCUT2D eigenvalue weighted by Crippen LogP contribution is 2.19. The summed E-state index contributed by atoms with van der Waals surface area (Å²) >= 11 is 0. The third-order valence-corrected chi connectivity index (χ3v) is 3.17. The first-order valence-corrected chi connectivity index (χ1v) is 6.72. The monoisotopic (exact) mass is 278 g/mol. The Hall–Kier alpha value is -2.04. The molecule has 1 aromatic carbocycles. The van der Waals surface area contributed by atoms with Gasteiger partial charge in [-0.25, -0.2) is 0 Å². The van der Waals surface area contributed by atoms with E-state index in [1.54, 1.807) is 6.92 Å². The van der Waals surface area contributed by atoms with Crippen LogP contribution in [-0.4, -0.2) is 23.5 Å². The van der Waals surface area contributed by atoms with Gasteiger partial charge in [0.1, 0.15) is 0 Å². The van der Waals surface area contributed by atoms with E-state index in [-0.39, 0.29) is 24.2 Å². The average molecular weight is 278 g/mol. The number of hydrogen-bond acceptors (Lipinski definition) is 3. The minimum atomic E-state index is -0.845. The molecule has 5 heteroatoms. The predicted molar refractivity (Wildman–Crippen MR) is 78.3 cm³/mol. The number of carboxylic acids is 1. The van der Waals surface area contributed by atoms with Crippen LogP contribution in [0.3, 0.4) is 0 Å². The minimum Gasteiger partial charge on any atom is -0.481 e. The van der Waals surface area contributed by atoms with Crippen molar-refractivity contribution in [3.05, 3.63) is 29.8 Å². The highest BCUT2D eigenvalue weighted by atomic mass is 16.4. The van der Waals surface area contributed by atoms with Gasteiger partial charge in [0.2, 0.25) is 5.91 Å². The van der Waals surface area contributed by atoms with Crippen molar-refractivity contribution in [2.75, 3.05) is 12.3 Å². The number of nitrogen functional groups attached to an aromatic ring is 1. The Morgan fingerprint density at radius 3 is 2.35 bits per heavy atom. The second kappa shape index (κ2) is 7.53. The average Bonchev–Trinajstić information content (AvgIpc) is 2.36. The van der Waals surface area contributed by atoms with Gasteiger partial charge in [0, 0.05) is 25.1 Å². The van der Waals surface area contributed by atoms with Gasteiger partial charge in [-0.2, -0.15) is 0 Å². The fourth-order valence-electron chi connectivity index (χ4n) is 1.95. The number of benzene rings is 1. The summed E-state index contributed by atoms with van der Waals surface area (Å²) in [6.07, 6.45) is 0.442. The summed E-state index contributed by atoms with van der Waals surface area (Å²) in [5.41, 5.74) is 7.39. The van der Waals surface area contributed by atoms with E-state index in [4.69, 9.17) is 10.8 Å². The van der Waals surface area contributed by atoms with Crippen molar-refractivity contribution in [2.24, 2.45) is 5.92 Å². The van der Waals surface area contributed by atoms with Crippen molar-refractivity contribution in [1.29, 1.82) is 0 Å². The fourth-order valence-corrected chi connectivity index (χ4v) is 1.95. The van der Waals surface area contributed by atoms with Crippen molar-refractivity contribution < 1.29 is 14.7 Å². The van der Waals surface area contributed by atoms with Crippen LogP contribution in [0.4, 0.5) is 5.69 Å². The number of aliphatic carboxylic acids is 1. The molecule has 0 saturated heterocycles. The van der Waals surface area contributed by atoms with Gasteiger partial charge in [-0.1, -0.05) is 26.0 Å². The van der Waals surface area contributed by atoms with Gasteiger partial charge < -0.3 is 16.2 Å². The predicted octanol–water partition coefficient (Wildman–Crippen LogP) is 1.99. The Balaban J connectivity index is 2.38. The van der Waals surface area contributed by atoms with Crippen molar-refractivity contribution in [1.82, 2.24) is 5.32 Å². The maximum Gasteiger partial charge on any atom is 0.303 e. The molecule has 0 fully saturated rings. The molecular weight excluding hydrogens is 256 g/mol. The van der Waals surface area contributed by atoms with Crippen LogP contribution in [0.2, 0.25) is 0 Å². The van der Waals surface area contributed by atoms with Gasteiger partial charge in [0.25, 0.3) is 0 Å². The van der Waals surface area contributed by atoms with Gasteiger partial charge in [-0.15, -0.1) is 0 Å². The molecular formula is C15H22N2O3. The Morgan fingerprint density at radius 1 is 1.20 bits per heavy atom. The number of rotatable bonds is 7. The molecule has 0 spiro atoms. The molecule has 4 N–H and O–H groups in total. The molecule has 5 nitrogen and oxygen atoms in total. The Kier molecular flexibility index (Phi) is 6.03. The summed E-state index contributed by atoms with van der Waals surface area (Å²) in [7, 11) is 0. The Bertz CT molecular complexity index is 457. The van der Waals surface area contributed by atoms with Crippen molar-refractivity contribution in [3.8, 4) is 0 Å². The molecule has 2 atom stereocenters. The lowest BCUT2D eigenvalue weighted by molar-refractivity contribution is -0.138. The second-order valence-electron chi connectivity index (χ2n) is 5.28. The van der Waals surface area contributed by atoms with Gasteiger partial charge in [-0.05, 0) is 29.5 Å². The lowest BCUT2D eigenvalue weighted by atomic mass is 9.97. The zero-order chi connectivity index (χ0) is 15.1. The molecule has 0 radical (unpaired) electrons. The molecule has 20 heavy (non-hydrogen) atoms. The fraction of sp³-hybridized carbons (Fsp3) is 0.467. The van der Waals surface area contributed by atoms with E-state index < -0.39 is 5.97 Å².